The molecule has 0 radical (unpaired) electrons. The third-order valence-electron chi connectivity index (χ3n) is 37.6. The summed E-state index contributed by atoms with van der Waals surface area (Å²) < 4.78 is 39.8. The van der Waals surface area contributed by atoms with Crippen LogP contribution in [-0.2, 0) is 51.8 Å². The maximum Gasteiger partial charge on any atom is 0.339 e. The molecule has 24 rings (SSSR count). The van der Waals surface area contributed by atoms with Crippen LogP contribution < -0.4 is 5.32 Å². The monoisotopic (exact) mass is 1350 g/mol. The summed E-state index contributed by atoms with van der Waals surface area (Å²) >= 11 is 0. The standard InChI is InChI=1S/C87H102N2O11/c1-77-41-54-42-82-57-36-55(78(82)26-5-6-27-78)23-30-81(82)76(95)97-45-80-71(54)84(73(93)70(92)72(80)85-56-19-16-51-18-21-62-59-13-7-11-49(59)22-29-79(62,64(51)38-56)69(85)39-58(37-57)86(80,81)100-85)65-34-48(33-47-9-3-2-4-10-47)14-15-50(65)12-8-28-83(77,99-75(94)74-87(77,84)98-74)63-25-32-96-68(63)40-61(67(91)44-90)52-17-20-60-53(35-52)24-31-89-46-88-43-66(60)89/h2-4,9-10,18,23-25,30-32,39,48-50,52-57,59-62,64-67,69,71-74,88,90-91,93H,5-7,11,13-17,19-22,26-29,33-38,40-46H2,1H3. The van der Waals surface area contributed by atoms with Gasteiger partial charge < -0.3 is 43.6 Å². The molecule has 7 aliphatic heterocycles. The number of hydrogen-bond donors (Lipinski definition) is 4. The van der Waals surface area contributed by atoms with Crippen molar-refractivity contribution in [3.05, 3.63) is 107 Å². The Labute approximate surface area is 588 Å². The van der Waals surface area contributed by atoms with Crippen LogP contribution in [0.15, 0.2) is 94.8 Å². The summed E-state index contributed by atoms with van der Waals surface area (Å²) in [5, 5.41) is 43.0. The Bertz CT molecular complexity index is 4160. The maximum atomic E-state index is 18.9. The number of nitrogens with zero attached hydrogens (tertiary/aromatic N) is 1. The van der Waals surface area contributed by atoms with E-state index in [0.29, 0.717) is 60.7 Å². The zero-order valence-corrected chi connectivity index (χ0v) is 58.5. The fourth-order valence-electron chi connectivity index (χ4n) is 35.5. The second kappa shape index (κ2) is 19.4. The van der Waals surface area contributed by atoms with Crippen LogP contribution in [0.3, 0.4) is 0 Å². The van der Waals surface area contributed by atoms with E-state index in [1.807, 2.05) is 6.07 Å². The maximum absolute atomic E-state index is 18.9. The van der Waals surface area contributed by atoms with Crippen molar-refractivity contribution in [1.29, 1.82) is 0 Å². The minimum Gasteiger partial charge on any atom is -0.469 e. The predicted octanol–water partition coefficient (Wildman–Crippen LogP) is 12.1. The van der Waals surface area contributed by atoms with Gasteiger partial charge >= 0.3 is 11.9 Å². The van der Waals surface area contributed by atoms with Crippen molar-refractivity contribution in [2.75, 3.05) is 26.4 Å². The molecule has 100 heavy (non-hydrogen) atoms. The first-order chi connectivity index (χ1) is 48.7. The molecule has 22 aliphatic rings. The van der Waals surface area contributed by atoms with Crippen LogP contribution in [0.2, 0.25) is 0 Å². The lowest BCUT2D eigenvalue weighted by Crippen LogP contribution is -2.85. The second-order valence-electron chi connectivity index (χ2n) is 38.8. The molecule has 13 heteroatoms. The second-order valence-corrected chi connectivity index (χ2v) is 38.8. The van der Waals surface area contributed by atoms with Gasteiger partial charge in [0.15, 0.2) is 17.5 Å². The topological polar surface area (TPSA) is 181 Å². The minimum absolute atomic E-state index is 0.0216. The SMILES string of the molecule is CC12CC3CC45C6CC7=CC8C9%10CCC%11CCCC%11C9CC=C9CCC(CC9%10)C89OC78C7(COC(=O)C84C=CC(C6)C54CCCC4)C9C(=O)C(O)C4(C5CC(Cc6ccccc6)CCC5C#CCC1(c1ccoc1CC(C(O)CO)C1CCC5C(C=CN6CNCC56)C1)OC(=O)C1OC142)C37. The Morgan fingerprint density at radius 2 is 1.77 bits per heavy atom. The van der Waals surface area contributed by atoms with Crippen molar-refractivity contribution in [3.63, 3.8) is 0 Å². The van der Waals surface area contributed by atoms with Crippen LogP contribution >= 0.6 is 0 Å². The zero-order valence-electron chi connectivity index (χ0n) is 58.5. The molecule has 15 aliphatic carbocycles. The first-order valence-corrected chi connectivity index (χ1v) is 40.8. The first kappa shape index (κ1) is 60.5. The minimum atomic E-state index is -1.58. The number of fused-ring (bicyclic) bond motifs is 7. The van der Waals surface area contributed by atoms with Crippen molar-refractivity contribution >= 4 is 17.7 Å². The number of carbonyl (C=O) groups is 3. The van der Waals surface area contributed by atoms with E-state index < -0.39 is 98.1 Å². The highest BCUT2D eigenvalue weighted by molar-refractivity contribution is 5.96. The zero-order chi connectivity index (χ0) is 66.5. The number of furan rings is 1. The number of aliphatic hydroxyl groups excluding tert-OH is 3. The molecule has 32 atom stereocenters. The van der Waals surface area contributed by atoms with Crippen LogP contribution in [0.25, 0.3) is 0 Å². The highest BCUT2D eigenvalue weighted by Crippen LogP contribution is 2.97. The largest absolute Gasteiger partial charge is 0.469 e. The number of nitrogens with one attached hydrogen (secondary N) is 1. The van der Waals surface area contributed by atoms with Crippen molar-refractivity contribution in [1.82, 2.24) is 10.2 Å². The number of esters is 2. The van der Waals surface area contributed by atoms with Gasteiger partial charge in [0, 0.05) is 52.7 Å². The number of benzene rings is 1. The molecule has 13 nitrogen and oxygen atoms in total. The lowest BCUT2D eigenvalue weighted by atomic mass is 9.27. The molecular formula is C87H102N2O11. The number of cyclic esters (lactones) is 1. The number of Topliss-reactive ketones (excluding diaryl/α,β-unsaturated/α-hetero) is 1. The fourth-order valence-corrected chi connectivity index (χ4v) is 35.5. The van der Waals surface area contributed by atoms with Gasteiger partial charge in [0.25, 0.3) is 0 Å². The molecule has 2 aromatic rings. The van der Waals surface area contributed by atoms with Gasteiger partial charge in [-0.25, -0.2) is 4.79 Å². The molecule has 12 bridgehead atoms. The highest BCUT2D eigenvalue weighted by atomic mass is 16.7. The quantitative estimate of drug-likeness (QED) is 0.0849. The average Bonchev–Trinajstić information content (AvgIpc) is 1.39. The summed E-state index contributed by atoms with van der Waals surface area (Å²) in [7, 11) is 0. The lowest BCUT2D eigenvalue weighted by Gasteiger charge is -2.75. The van der Waals surface area contributed by atoms with E-state index in [0.717, 1.165) is 140 Å². The van der Waals surface area contributed by atoms with E-state index in [4.69, 9.17) is 18.6 Å². The summed E-state index contributed by atoms with van der Waals surface area (Å²) in [5.74, 6) is 9.02. The van der Waals surface area contributed by atoms with Gasteiger partial charge in [-0.05, 0) is 251 Å². The molecule has 5 saturated heterocycles. The molecular weight excluding hydrogens is 1250 g/mol. The van der Waals surface area contributed by atoms with Crippen molar-refractivity contribution in [2.24, 2.45) is 144 Å². The lowest BCUT2D eigenvalue weighted by molar-refractivity contribution is -0.323. The van der Waals surface area contributed by atoms with Crippen molar-refractivity contribution < 1.29 is 53.1 Å². The first-order valence-electron chi connectivity index (χ1n) is 40.8. The molecule has 526 valence electrons. The van der Waals surface area contributed by atoms with E-state index >= 15 is 19.5 Å². The van der Waals surface area contributed by atoms with E-state index in [9.17, 15) is 14.9 Å². The summed E-state index contributed by atoms with van der Waals surface area (Å²) in [4.78, 5) is 55.4. The van der Waals surface area contributed by atoms with Gasteiger partial charge in [-0.1, -0.05) is 111 Å². The summed E-state index contributed by atoms with van der Waals surface area (Å²) in [6.07, 6.45) is 37.4. The molecule has 8 heterocycles. The molecule has 9 spiro atoms. The molecule has 1 aromatic carbocycles. The van der Waals surface area contributed by atoms with E-state index in [1.54, 1.807) is 11.8 Å². The molecule has 12 saturated carbocycles. The number of allylic oxidation sites excluding steroid dienone is 4. The van der Waals surface area contributed by atoms with Crippen LogP contribution in [0.4, 0.5) is 0 Å². The Morgan fingerprint density at radius 3 is 2.65 bits per heavy atom. The summed E-state index contributed by atoms with van der Waals surface area (Å²) in [6.45, 7) is 3.84. The van der Waals surface area contributed by atoms with Gasteiger partial charge in [0.05, 0.1) is 49.0 Å². The third kappa shape index (κ3) is 6.14. The van der Waals surface area contributed by atoms with E-state index in [-0.39, 0.29) is 88.9 Å². The number of ether oxygens (including phenoxy) is 4. The van der Waals surface area contributed by atoms with Gasteiger partial charge in [-0.2, -0.15) is 0 Å². The normalized spacial score (nSPS) is 55.4. The number of hydrogen-bond acceptors (Lipinski definition) is 13. The number of epoxide rings is 1. The Hall–Kier alpha value is -4.81. The van der Waals surface area contributed by atoms with Crippen LogP contribution in [0, 0.1) is 156 Å². The van der Waals surface area contributed by atoms with Gasteiger partial charge in [-0.15, -0.1) is 0 Å². The highest BCUT2D eigenvalue weighted by Gasteiger charge is 3.04. The predicted molar refractivity (Wildman–Crippen MR) is 367 cm³/mol. The van der Waals surface area contributed by atoms with Crippen molar-refractivity contribution in [2.45, 2.75) is 221 Å². The Morgan fingerprint density at radius 1 is 0.880 bits per heavy atom. The molecule has 0 amide bonds. The average molecular weight is 1350 g/mol. The molecule has 1 aromatic heterocycles. The fraction of sp³-hybridized carbons (Fsp3) is 0.736. The smallest absolute Gasteiger partial charge is 0.339 e. The molecule has 32 unspecified atom stereocenters. The van der Waals surface area contributed by atoms with Gasteiger partial charge in [0.1, 0.15) is 35.1 Å². The van der Waals surface area contributed by atoms with E-state index in [2.05, 4.69) is 95.9 Å². The number of carbonyl (C=O) groups excluding carboxylic acids is 3. The van der Waals surface area contributed by atoms with Crippen LogP contribution in [-0.4, -0.2) is 106 Å². The molecule has 17 fully saturated rings. The summed E-state index contributed by atoms with van der Waals surface area (Å²) in [6, 6.07) is 13.4. The Balaban J connectivity index is 0.764. The van der Waals surface area contributed by atoms with Crippen molar-refractivity contribution in [3.8, 4) is 11.8 Å². The van der Waals surface area contributed by atoms with Gasteiger partial charge in [-0.3, -0.25) is 14.9 Å². The van der Waals surface area contributed by atoms with Crippen LogP contribution in [0.1, 0.15) is 178 Å². The number of rotatable bonds is 8. The van der Waals surface area contributed by atoms with E-state index in [1.165, 1.54) is 36.8 Å². The van der Waals surface area contributed by atoms with Gasteiger partial charge in [0.2, 0.25) is 0 Å². The third-order valence-corrected chi connectivity index (χ3v) is 37.6. The number of ketones is 1. The Kier molecular flexibility index (Phi) is 11.7. The molecule has 4 N–H and O–H groups in total. The van der Waals surface area contributed by atoms with Crippen LogP contribution in [0.5, 0.6) is 0 Å². The summed E-state index contributed by atoms with van der Waals surface area (Å²) in [5.41, 5.74) is -6.36. The number of aliphatic hydroxyl groups is 3.